The van der Waals surface area contributed by atoms with Gasteiger partial charge in [-0.15, -0.1) is 13.2 Å². The minimum atomic E-state index is -0.967. The van der Waals surface area contributed by atoms with Crippen LogP contribution in [-0.4, -0.2) is 47.6 Å². The lowest BCUT2D eigenvalue weighted by molar-refractivity contribution is -0.139. The summed E-state index contributed by atoms with van der Waals surface area (Å²) in [6.45, 7) is 9.21. The molecule has 0 aliphatic heterocycles. The smallest absolute Gasteiger partial charge is 0.317 e. The molecular formula is C11H18N2O3. The molecule has 0 aromatic heterocycles. The van der Waals surface area contributed by atoms with E-state index in [2.05, 4.69) is 18.5 Å². The summed E-state index contributed by atoms with van der Waals surface area (Å²) in [6, 6.07) is -0.506. The predicted molar refractivity (Wildman–Crippen MR) is 62.1 cm³/mol. The molecular weight excluding hydrogens is 208 g/mol. The standard InChI is InChI=1S/C11H18N2O3/c1-4-6-12-11(16)9(3)13(7-5-2)8-10(14)15/h4-5,9H,1-2,6-8H2,3H3,(H,12,16)(H,14,15). The number of nitrogens with zero attached hydrogens (tertiary/aromatic N) is 1. The maximum absolute atomic E-state index is 11.6. The van der Waals surface area contributed by atoms with Crippen molar-refractivity contribution < 1.29 is 14.7 Å². The topological polar surface area (TPSA) is 69.6 Å². The molecule has 90 valence electrons. The minimum absolute atomic E-state index is 0.186. The highest BCUT2D eigenvalue weighted by molar-refractivity contribution is 5.82. The first-order valence-electron chi connectivity index (χ1n) is 4.98. The summed E-state index contributed by atoms with van der Waals surface area (Å²) < 4.78 is 0. The van der Waals surface area contributed by atoms with E-state index in [1.807, 2.05) is 0 Å². The molecule has 0 heterocycles. The molecule has 0 bridgehead atoms. The molecule has 1 amide bonds. The summed E-state index contributed by atoms with van der Waals surface area (Å²) in [4.78, 5) is 23.7. The van der Waals surface area contributed by atoms with Crippen molar-refractivity contribution in [2.24, 2.45) is 0 Å². The Morgan fingerprint density at radius 2 is 2.06 bits per heavy atom. The van der Waals surface area contributed by atoms with Crippen LogP contribution in [-0.2, 0) is 9.59 Å². The van der Waals surface area contributed by atoms with E-state index in [0.29, 0.717) is 13.1 Å². The Morgan fingerprint density at radius 1 is 1.44 bits per heavy atom. The molecule has 16 heavy (non-hydrogen) atoms. The van der Waals surface area contributed by atoms with Crippen molar-refractivity contribution in [1.29, 1.82) is 0 Å². The number of carboxylic acids is 1. The van der Waals surface area contributed by atoms with Crippen LogP contribution < -0.4 is 5.32 Å². The van der Waals surface area contributed by atoms with Crippen LogP contribution in [0.3, 0.4) is 0 Å². The van der Waals surface area contributed by atoms with E-state index in [0.717, 1.165) is 0 Å². The van der Waals surface area contributed by atoms with Gasteiger partial charge in [-0.05, 0) is 6.92 Å². The van der Waals surface area contributed by atoms with E-state index >= 15 is 0 Å². The average molecular weight is 226 g/mol. The third-order valence-electron chi connectivity index (χ3n) is 2.05. The molecule has 0 aromatic carbocycles. The SMILES string of the molecule is C=CCNC(=O)C(C)N(CC=C)CC(=O)O. The fraction of sp³-hybridized carbons (Fsp3) is 0.455. The van der Waals surface area contributed by atoms with Crippen LogP contribution in [0.25, 0.3) is 0 Å². The second-order valence-corrected chi connectivity index (χ2v) is 3.32. The highest BCUT2D eigenvalue weighted by Gasteiger charge is 2.21. The molecule has 0 saturated heterocycles. The Labute approximate surface area is 95.4 Å². The van der Waals surface area contributed by atoms with Gasteiger partial charge in [0.15, 0.2) is 0 Å². The van der Waals surface area contributed by atoms with Gasteiger partial charge in [-0.2, -0.15) is 0 Å². The number of carbonyl (C=O) groups excluding carboxylic acids is 1. The Kier molecular flexibility index (Phi) is 6.87. The Balaban J connectivity index is 4.39. The van der Waals surface area contributed by atoms with Crippen molar-refractivity contribution in [3.8, 4) is 0 Å². The highest BCUT2D eigenvalue weighted by Crippen LogP contribution is 1.99. The van der Waals surface area contributed by atoms with Crippen molar-refractivity contribution in [3.63, 3.8) is 0 Å². The van der Waals surface area contributed by atoms with Gasteiger partial charge in [0.05, 0.1) is 12.6 Å². The molecule has 1 unspecified atom stereocenters. The Morgan fingerprint density at radius 3 is 2.50 bits per heavy atom. The van der Waals surface area contributed by atoms with Gasteiger partial charge in [0.2, 0.25) is 5.91 Å². The van der Waals surface area contributed by atoms with E-state index in [-0.39, 0.29) is 12.5 Å². The lowest BCUT2D eigenvalue weighted by atomic mass is 10.2. The van der Waals surface area contributed by atoms with Crippen molar-refractivity contribution in [2.45, 2.75) is 13.0 Å². The number of carboxylic acid groups (broad SMARTS) is 1. The molecule has 5 heteroatoms. The number of nitrogens with one attached hydrogen (secondary N) is 1. The van der Waals surface area contributed by atoms with Crippen LogP contribution in [0.1, 0.15) is 6.92 Å². The number of amides is 1. The molecule has 0 rings (SSSR count). The van der Waals surface area contributed by atoms with Gasteiger partial charge in [-0.3, -0.25) is 14.5 Å². The van der Waals surface area contributed by atoms with Crippen LogP contribution in [0.15, 0.2) is 25.3 Å². The molecule has 0 spiro atoms. The predicted octanol–water partition coefficient (Wildman–Crippen LogP) is 0.250. The normalized spacial score (nSPS) is 11.9. The second-order valence-electron chi connectivity index (χ2n) is 3.32. The van der Waals surface area contributed by atoms with Crippen LogP contribution in [0.2, 0.25) is 0 Å². The first-order chi connectivity index (χ1) is 7.52. The van der Waals surface area contributed by atoms with Crippen LogP contribution >= 0.6 is 0 Å². The third kappa shape index (κ3) is 5.31. The zero-order chi connectivity index (χ0) is 12.6. The molecule has 0 aromatic rings. The lowest BCUT2D eigenvalue weighted by Gasteiger charge is -2.24. The van der Waals surface area contributed by atoms with Crippen LogP contribution in [0, 0.1) is 0 Å². The van der Waals surface area contributed by atoms with Gasteiger partial charge in [0.25, 0.3) is 0 Å². The Hall–Kier alpha value is -1.62. The van der Waals surface area contributed by atoms with E-state index in [1.165, 1.54) is 4.90 Å². The third-order valence-corrected chi connectivity index (χ3v) is 2.05. The Bertz CT molecular complexity index is 276. The first kappa shape index (κ1) is 14.4. The lowest BCUT2D eigenvalue weighted by Crippen LogP contribution is -2.47. The van der Waals surface area contributed by atoms with Gasteiger partial charge < -0.3 is 10.4 Å². The summed E-state index contributed by atoms with van der Waals surface area (Å²) in [7, 11) is 0. The summed E-state index contributed by atoms with van der Waals surface area (Å²) >= 11 is 0. The van der Waals surface area contributed by atoms with Crippen molar-refractivity contribution in [1.82, 2.24) is 10.2 Å². The van der Waals surface area contributed by atoms with Crippen molar-refractivity contribution in [2.75, 3.05) is 19.6 Å². The largest absolute Gasteiger partial charge is 0.480 e. The number of rotatable bonds is 8. The van der Waals surface area contributed by atoms with E-state index in [9.17, 15) is 9.59 Å². The zero-order valence-electron chi connectivity index (χ0n) is 9.48. The highest BCUT2D eigenvalue weighted by atomic mass is 16.4. The van der Waals surface area contributed by atoms with Crippen LogP contribution in [0.4, 0.5) is 0 Å². The number of carbonyl (C=O) groups is 2. The molecule has 0 radical (unpaired) electrons. The summed E-state index contributed by atoms with van der Waals surface area (Å²) in [5.41, 5.74) is 0. The molecule has 0 aliphatic rings. The van der Waals surface area contributed by atoms with Gasteiger partial charge >= 0.3 is 5.97 Å². The zero-order valence-corrected chi connectivity index (χ0v) is 9.48. The quantitative estimate of drug-likeness (QED) is 0.582. The van der Waals surface area contributed by atoms with E-state index in [4.69, 9.17) is 5.11 Å². The molecule has 0 aliphatic carbocycles. The van der Waals surface area contributed by atoms with Crippen molar-refractivity contribution >= 4 is 11.9 Å². The van der Waals surface area contributed by atoms with Gasteiger partial charge in [0.1, 0.15) is 0 Å². The molecule has 0 fully saturated rings. The van der Waals surface area contributed by atoms with Gasteiger partial charge in [-0.25, -0.2) is 0 Å². The maximum Gasteiger partial charge on any atom is 0.317 e. The first-order valence-corrected chi connectivity index (χ1v) is 4.98. The molecule has 2 N–H and O–H groups in total. The monoisotopic (exact) mass is 226 g/mol. The van der Waals surface area contributed by atoms with E-state index in [1.54, 1.807) is 19.1 Å². The van der Waals surface area contributed by atoms with Gasteiger partial charge in [-0.1, -0.05) is 12.2 Å². The van der Waals surface area contributed by atoms with Crippen LogP contribution in [0.5, 0.6) is 0 Å². The fourth-order valence-electron chi connectivity index (χ4n) is 1.19. The number of aliphatic carboxylic acids is 1. The molecule has 1 atom stereocenters. The number of hydrogen-bond donors (Lipinski definition) is 2. The summed E-state index contributed by atoms with van der Waals surface area (Å²) in [6.07, 6.45) is 3.14. The van der Waals surface area contributed by atoms with Gasteiger partial charge in [0, 0.05) is 13.1 Å². The molecule has 5 nitrogen and oxygen atoms in total. The molecule has 0 saturated carbocycles. The summed E-state index contributed by atoms with van der Waals surface area (Å²) in [5, 5.41) is 11.3. The number of hydrogen-bond acceptors (Lipinski definition) is 3. The fourth-order valence-corrected chi connectivity index (χ4v) is 1.19. The maximum atomic E-state index is 11.6. The van der Waals surface area contributed by atoms with E-state index < -0.39 is 12.0 Å². The summed E-state index contributed by atoms with van der Waals surface area (Å²) in [5.74, 6) is -1.19. The van der Waals surface area contributed by atoms with Crippen molar-refractivity contribution in [3.05, 3.63) is 25.3 Å². The second kappa shape index (κ2) is 7.64. The minimum Gasteiger partial charge on any atom is -0.480 e. The average Bonchev–Trinajstić information content (AvgIpc) is 2.23.